The van der Waals surface area contributed by atoms with E-state index in [2.05, 4.69) is 0 Å². The summed E-state index contributed by atoms with van der Waals surface area (Å²) in [7, 11) is 0. The highest BCUT2D eigenvalue weighted by Crippen LogP contribution is 2.53. The van der Waals surface area contributed by atoms with E-state index in [1.54, 1.807) is 0 Å². The number of piperazine rings is 1. The minimum Gasteiger partial charge on any atom is -0.332 e. The first-order valence-corrected chi connectivity index (χ1v) is 7.53. The molecule has 97 valence electrons. The van der Waals surface area contributed by atoms with E-state index in [1.165, 1.54) is 18.5 Å². The van der Waals surface area contributed by atoms with Crippen LogP contribution in [0.4, 0.5) is 13.2 Å². The minimum absolute atomic E-state index is 0.0763. The van der Waals surface area contributed by atoms with E-state index in [0.29, 0.717) is 4.90 Å². The molecule has 10 heteroatoms. The topological polar surface area (TPSA) is 40.6 Å². The molecule has 17 heavy (non-hydrogen) atoms. The molecule has 1 saturated heterocycles. The van der Waals surface area contributed by atoms with Crippen LogP contribution in [-0.2, 0) is 9.36 Å². The molecular formula is C7H11BClF3N2O2P. The molecule has 1 aliphatic heterocycles. The summed E-state index contributed by atoms with van der Waals surface area (Å²) in [6.07, 6.45) is -4.86. The number of hydrogen-bond donors (Lipinski definition) is 0. The summed E-state index contributed by atoms with van der Waals surface area (Å²) < 4.78 is 49.5. The lowest BCUT2D eigenvalue weighted by atomic mass is 10.2. The van der Waals surface area contributed by atoms with Gasteiger partial charge in [-0.25, -0.2) is 4.67 Å². The van der Waals surface area contributed by atoms with Crippen molar-refractivity contribution < 1.29 is 22.5 Å². The van der Waals surface area contributed by atoms with Gasteiger partial charge in [0.25, 0.3) is 0 Å². The Kier molecular flexibility index (Phi) is 4.55. The standard InChI is InChI=1S/C7H11BClF3N2O2P/c1-8-17(9,16)14-4-2-13(3-5-14)6(15)7(10,11)12/h2-5H2,1H3. The fourth-order valence-electron chi connectivity index (χ4n) is 1.51. The SMILES string of the molecule is C[B]P(=O)(Cl)N1CCN(C(=O)C(F)(F)F)CC1. The normalized spacial score (nSPS) is 22.1. The van der Waals surface area contributed by atoms with Crippen LogP contribution in [0.1, 0.15) is 0 Å². The van der Waals surface area contributed by atoms with Crippen molar-refractivity contribution >= 4 is 30.7 Å². The third kappa shape index (κ3) is 3.63. The van der Waals surface area contributed by atoms with Crippen LogP contribution in [-0.4, -0.2) is 54.8 Å². The Morgan fingerprint density at radius 1 is 1.29 bits per heavy atom. The smallest absolute Gasteiger partial charge is 0.332 e. The summed E-state index contributed by atoms with van der Waals surface area (Å²) in [4.78, 5) is 11.6. The van der Waals surface area contributed by atoms with Crippen LogP contribution in [0.15, 0.2) is 0 Å². The van der Waals surface area contributed by atoms with Gasteiger partial charge in [-0.15, -0.1) is 0 Å². The van der Waals surface area contributed by atoms with Gasteiger partial charge in [-0.05, 0) is 11.2 Å². The Hall–Kier alpha value is -0.195. The van der Waals surface area contributed by atoms with E-state index in [1.807, 2.05) is 0 Å². The Balaban J connectivity index is 2.58. The lowest BCUT2D eigenvalue weighted by molar-refractivity contribution is -0.186. The zero-order valence-electron chi connectivity index (χ0n) is 9.08. The number of rotatable bonds is 2. The van der Waals surface area contributed by atoms with Crippen molar-refractivity contribution in [3.63, 3.8) is 0 Å². The summed E-state index contributed by atoms with van der Waals surface area (Å²) in [6.45, 7) is -0.319. The van der Waals surface area contributed by atoms with Gasteiger partial charge >= 0.3 is 12.1 Å². The first-order valence-electron chi connectivity index (χ1n) is 4.90. The van der Waals surface area contributed by atoms with Gasteiger partial charge in [0.15, 0.2) is 6.52 Å². The van der Waals surface area contributed by atoms with E-state index in [0.717, 1.165) is 0 Å². The highest BCUT2D eigenvalue weighted by atomic mass is 35.7. The van der Waals surface area contributed by atoms with Gasteiger partial charge in [0, 0.05) is 26.2 Å². The largest absolute Gasteiger partial charge is 0.471 e. The lowest BCUT2D eigenvalue weighted by Crippen LogP contribution is -2.51. The molecule has 1 atom stereocenters. The van der Waals surface area contributed by atoms with E-state index >= 15 is 0 Å². The van der Waals surface area contributed by atoms with Crippen molar-refractivity contribution in [1.82, 2.24) is 9.57 Å². The zero-order chi connectivity index (χ0) is 13.3. The number of carbonyl (C=O) groups excluding carboxylic acids is 1. The highest BCUT2D eigenvalue weighted by Gasteiger charge is 2.44. The summed E-state index contributed by atoms with van der Waals surface area (Å²) in [5.41, 5.74) is 0. The molecule has 0 aliphatic carbocycles. The molecule has 0 aromatic heterocycles. The van der Waals surface area contributed by atoms with Gasteiger partial charge in [-0.3, -0.25) is 4.79 Å². The Bertz CT molecular complexity index is 347. The fraction of sp³-hybridized carbons (Fsp3) is 0.857. The van der Waals surface area contributed by atoms with Gasteiger partial charge in [-0.2, -0.15) is 13.2 Å². The molecule has 0 aromatic rings. The number of alkyl halides is 3. The van der Waals surface area contributed by atoms with E-state index < -0.39 is 18.6 Å². The Morgan fingerprint density at radius 2 is 1.76 bits per heavy atom. The molecule has 0 saturated carbocycles. The summed E-state index contributed by atoms with van der Waals surface area (Å²) in [5, 5.41) is 0. The number of nitrogens with zero attached hydrogens (tertiary/aromatic N) is 2. The third-order valence-electron chi connectivity index (χ3n) is 2.49. The predicted octanol–water partition coefficient (Wildman–Crippen LogP) is 1.79. The molecule has 0 aromatic carbocycles. The minimum atomic E-state index is -4.86. The zero-order valence-corrected chi connectivity index (χ0v) is 10.7. The summed E-state index contributed by atoms with van der Waals surface area (Å²) >= 11 is 5.72. The maximum absolute atomic E-state index is 12.1. The van der Waals surface area contributed by atoms with Gasteiger partial charge in [0.2, 0.25) is 7.00 Å². The van der Waals surface area contributed by atoms with Crippen molar-refractivity contribution in [2.75, 3.05) is 26.2 Å². The molecule has 0 spiro atoms. The monoisotopic (exact) mass is 289 g/mol. The maximum atomic E-state index is 12.1. The summed E-state index contributed by atoms with van der Waals surface area (Å²) in [5.74, 6) is -1.86. The van der Waals surface area contributed by atoms with Crippen molar-refractivity contribution in [3.8, 4) is 0 Å². The number of halogens is 4. The average molecular weight is 289 g/mol. The average Bonchev–Trinajstić information content (AvgIpc) is 2.27. The van der Waals surface area contributed by atoms with Crippen molar-refractivity contribution in [2.24, 2.45) is 0 Å². The lowest BCUT2D eigenvalue weighted by Gasteiger charge is -2.36. The molecular weight excluding hydrogens is 278 g/mol. The quantitative estimate of drug-likeness (QED) is 0.575. The van der Waals surface area contributed by atoms with E-state index in [9.17, 15) is 22.5 Å². The molecule has 1 amide bonds. The highest BCUT2D eigenvalue weighted by molar-refractivity contribution is 8.08. The van der Waals surface area contributed by atoms with Crippen molar-refractivity contribution in [1.29, 1.82) is 0 Å². The number of carbonyl (C=O) groups is 1. The molecule has 1 fully saturated rings. The van der Waals surface area contributed by atoms with E-state index in [-0.39, 0.29) is 26.2 Å². The fourth-order valence-corrected chi connectivity index (χ4v) is 3.02. The van der Waals surface area contributed by atoms with Crippen LogP contribution in [0.5, 0.6) is 0 Å². The first kappa shape index (κ1) is 14.9. The van der Waals surface area contributed by atoms with Crippen LogP contribution < -0.4 is 0 Å². The number of amides is 1. The second-order valence-electron chi connectivity index (χ2n) is 3.55. The summed E-state index contributed by atoms with van der Waals surface area (Å²) in [6, 6.07) is 0. The Labute approximate surface area is 102 Å². The first-order chi connectivity index (χ1) is 7.68. The maximum Gasteiger partial charge on any atom is 0.471 e. The van der Waals surface area contributed by atoms with Gasteiger partial charge in [-0.1, -0.05) is 6.82 Å². The predicted molar refractivity (Wildman–Crippen MR) is 59.3 cm³/mol. The molecule has 1 heterocycles. The van der Waals surface area contributed by atoms with Crippen molar-refractivity contribution in [2.45, 2.75) is 13.0 Å². The van der Waals surface area contributed by atoms with Gasteiger partial charge < -0.3 is 9.46 Å². The van der Waals surface area contributed by atoms with Crippen LogP contribution in [0.2, 0.25) is 6.82 Å². The molecule has 1 aliphatic rings. The van der Waals surface area contributed by atoms with Gasteiger partial charge in [0.05, 0.1) is 0 Å². The molecule has 1 rings (SSSR count). The van der Waals surface area contributed by atoms with Crippen LogP contribution >= 0.6 is 17.8 Å². The molecule has 1 unspecified atom stereocenters. The van der Waals surface area contributed by atoms with Crippen LogP contribution in [0.3, 0.4) is 0 Å². The number of hydrogen-bond acceptors (Lipinski definition) is 2. The molecule has 1 radical (unpaired) electrons. The van der Waals surface area contributed by atoms with Crippen LogP contribution in [0, 0.1) is 0 Å². The van der Waals surface area contributed by atoms with Crippen molar-refractivity contribution in [3.05, 3.63) is 0 Å². The second-order valence-corrected chi connectivity index (χ2v) is 7.17. The molecule has 0 bridgehead atoms. The van der Waals surface area contributed by atoms with E-state index in [4.69, 9.17) is 11.2 Å². The molecule has 0 N–H and O–H groups in total. The molecule has 4 nitrogen and oxygen atoms in total. The van der Waals surface area contributed by atoms with Crippen LogP contribution in [0.25, 0.3) is 0 Å². The third-order valence-corrected chi connectivity index (χ3v) is 5.53. The Morgan fingerprint density at radius 3 is 2.12 bits per heavy atom. The second kappa shape index (κ2) is 5.20. The van der Waals surface area contributed by atoms with Gasteiger partial charge in [0.1, 0.15) is 0 Å².